The zero-order valence-corrected chi connectivity index (χ0v) is 14.7. The molecule has 2 aromatic rings. The normalized spacial score (nSPS) is 17.0. The fourth-order valence-electron chi connectivity index (χ4n) is 2.97. The summed E-state index contributed by atoms with van der Waals surface area (Å²) < 4.78 is 31.1. The highest BCUT2D eigenvalue weighted by Gasteiger charge is 2.35. The number of nitrogens with zero attached hydrogens (tertiary/aromatic N) is 3. The van der Waals surface area contributed by atoms with Crippen LogP contribution in [0.25, 0.3) is 11.0 Å². The van der Waals surface area contributed by atoms with Gasteiger partial charge in [0.2, 0.25) is 0 Å². The molecule has 0 radical (unpaired) electrons. The molecule has 3 rings (SSSR count). The number of para-hydroxylation sites is 2. The molecule has 1 saturated carbocycles. The number of hydrogen-bond donors (Lipinski definition) is 1. The molecule has 0 unspecified atom stereocenters. The van der Waals surface area contributed by atoms with E-state index in [4.69, 9.17) is 0 Å². The quantitative estimate of drug-likeness (QED) is 0.842. The molecule has 0 saturated heterocycles. The van der Waals surface area contributed by atoms with Crippen LogP contribution in [0.5, 0.6) is 0 Å². The highest BCUT2D eigenvalue weighted by atomic mass is 32.2. The molecular formula is C16H24N4O2S. The molecule has 7 heteroatoms. The second-order valence-electron chi connectivity index (χ2n) is 6.18. The van der Waals surface area contributed by atoms with Gasteiger partial charge in [-0.15, -0.1) is 0 Å². The van der Waals surface area contributed by atoms with Gasteiger partial charge in [-0.25, -0.2) is 4.98 Å². The van der Waals surface area contributed by atoms with Gasteiger partial charge in [0.25, 0.3) is 10.2 Å². The second-order valence-corrected chi connectivity index (χ2v) is 8.00. The van der Waals surface area contributed by atoms with Crippen molar-refractivity contribution < 1.29 is 8.42 Å². The van der Waals surface area contributed by atoms with Crippen LogP contribution in [0.2, 0.25) is 0 Å². The van der Waals surface area contributed by atoms with Crippen molar-refractivity contribution in [1.29, 1.82) is 0 Å². The molecule has 1 aromatic heterocycles. The number of aryl methyl sites for hydroxylation is 1. The monoisotopic (exact) mass is 336 g/mol. The minimum Gasteiger partial charge on any atom is -0.327 e. The third kappa shape index (κ3) is 3.27. The van der Waals surface area contributed by atoms with Crippen LogP contribution in [0.4, 0.5) is 0 Å². The summed E-state index contributed by atoms with van der Waals surface area (Å²) in [5, 5.41) is 0. The largest absolute Gasteiger partial charge is 0.327 e. The summed E-state index contributed by atoms with van der Waals surface area (Å²) in [5.41, 5.74) is 1.92. The summed E-state index contributed by atoms with van der Waals surface area (Å²) >= 11 is 0. The molecule has 6 nitrogen and oxygen atoms in total. The summed E-state index contributed by atoms with van der Waals surface area (Å²) in [6, 6.07) is 7.90. The Kier molecular flexibility index (Phi) is 4.44. The predicted molar refractivity (Wildman–Crippen MR) is 91.1 cm³/mol. The summed E-state index contributed by atoms with van der Waals surface area (Å²) in [6.07, 6.45) is 2.24. The van der Waals surface area contributed by atoms with Crippen molar-refractivity contribution in [1.82, 2.24) is 18.6 Å². The Morgan fingerprint density at radius 3 is 2.74 bits per heavy atom. The molecular weight excluding hydrogens is 312 g/mol. The van der Waals surface area contributed by atoms with Crippen molar-refractivity contribution in [2.45, 2.75) is 45.8 Å². The predicted octanol–water partition coefficient (Wildman–Crippen LogP) is 2.12. The molecule has 126 valence electrons. The van der Waals surface area contributed by atoms with E-state index < -0.39 is 10.2 Å². The maximum absolute atomic E-state index is 12.5. The first-order valence-electron chi connectivity index (χ1n) is 8.10. The second kappa shape index (κ2) is 6.22. The Labute approximate surface area is 137 Å². The Morgan fingerprint density at radius 2 is 2.09 bits per heavy atom. The molecule has 1 heterocycles. The van der Waals surface area contributed by atoms with Crippen LogP contribution in [0.15, 0.2) is 24.3 Å². The lowest BCUT2D eigenvalue weighted by atomic mass is 10.2. The fraction of sp³-hybridized carbons (Fsp3) is 0.562. The minimum absolute atomic E-state index is 0.0393. The van der Waals surface area contributed by atoms with Gasteiger partial charge in [-0.2, -0.15) is 17.4 Å². The number of benzene rings is 1. The Bertz CT molecular complexity index is 796. The van der Waals surface area contributed by atoms with Crippen molar-refractivity contribution in [3.05, 3.63) is 30.1 Å². The number of fused-ring (bicyclic) bond motifs is 1. The average Bonchev–Trinajstić information content (AvgIpc) is 3.32. The van der Waals surface area contributed by atoms with E-state index in [0.717, 1.165) is 36.2 Å². The van der Waals surface area contributed by atoms with E-state index in [1.54, 1.807) is 7.05 Å². The van der Waals surface area contributed by atoms with Crippen LogP contribution < -0.4 is 4.72 Å². The first-order chi connectivity index (χ1) is 10.9. The SMILES string of the molecule is CCn1c(CNS(=O)(=O)N(C)[C@H](C)C2CC2)nc2ccccc21. The van der Waals surface area contributed by atoms with Crippen LogP contribution >= 0.6 is 0 Å². The van der Waals surface area contributed by atoms with Gasteiger partial charge < -0.3 is 4.57 Å². The van der Waals surface area contributed by atoms with Gasteiger partial charge in [-0.3, -0.25) is 0 Å². The third-order valence-electron chi connectivity index (χ3n) is 4.72. The maximum atomic E-state index is 12.5. The van der Waals surface area contributed by atoms with E-state index in [9.17, 15) is 8.42 Å². The summed E-state index contributed by atoms with van der Waals surface area (Å²) in [7, 11) is -1.85. The van der Waals surface area contributed by atoms with Crippen LogP contribution in [0, 0.1) is 5.92 Å². The highest BCUT2D eigenvalue weighted by molar-refractivity contribution is 7.87. The first kappa shape index (κ1) is 16.4. The first-order valence-corrected chi connectivity index (χ1v) is 9.54. The average molecular weight is 336 g/mol. The lowest BCUT2D eigenvalue weighted by Crippen LogP contribution is -2.43. The van der Waals surface area contributed by atoms with E-state index in [-0.39, 0.29) is 12.6 Å². The molecule has 1 aromatic carbocycles. The van der Waals surface area contributed by atoms with E-state index in [1.807, 2.05) is 42.7 Å². The summed E-state index contributed by atoms with van der Waals surface area (Å²) in [6.45, 7) is 4.96. The Hall–Kier alpha value is -1.44. The summed E-state index contributed by atoms with van der Waals surface area (Å²) in [5.74, 6) is 1.24. The van der Waals surface area contributed by atoms with Gasteiger partial charge in [-0.1, -0.05) is 12.1 Å². The van der Waals surface area contributed by atoms with Gasteiger partial charge in [0.15, 0.2) is 0 Å². The van der Waals surface area contributed by atoms with Crippen molar-refractivity contribution in [2.24, 2.45) is 5.92 Å². The maximum Gasteiger partial charge on any atom is 0.279 e. The van der Waals surface area contributed by atoms with Crippen molar-refractivity contribution in [3.63, 3.8) is 0 Å². The van der Waals surface area contributed by atoms with Crippen LogP contribution in [-0.4, -0.2) is 35.4 Å². The van der Waals surface area contributed by atoms with E-state index >= 15 is 0 Å². The molecule has 1 fully saturated rings. The zero-order chi connectivity index (χ0) is 16.6. The van der Waals surface area contributed by atoms with E-state index in [0.29, 0.717) is 5.92 Å². The molecule has 0 aliphatic heterocycles. The highest BCUT2D eigenvalue weighted by Crippen LogP contribution is 2.35. The van der Waals surface area contributed by atoms with Crippen LogP contribution in [-0.2, 0) is 23.3 Å². The Balaban J connectivity index is 1.77. The Morgan fingerprint density at radius 1 is 1.39 bits per heavy atom. The standard InChI is InChI=1S/C16H24N4O2S/c1-4-20-15-8-6-5-7-14(15)18-16(20)11-17-23(21,22)19(3)12(2)13-9-10-13/h5-8,12-13,17H,4,9-11H2,1-3H3/t12-/m1/s1. The topological polar surface area (TPSA) is 67.2 Å². The molecule has 0 amide bonds. The fourth-order valence-corrected chi connectivity index (χ4v) is 4.09. The summed E-state index contributed by atoms with van der Waals surface area (Å²) in [4.78, 5) is 4.56. The molecule has 1 N–H and O–H groups in total. The molecule has 1 aliphatic carbocycles. The van der Waals surface area contributed by atoms with Crippen molar-refractivity contribution in [3.8, 4) is 0 Å². The number of hydrogen-bond acceptors (Lipinski definition) is 3. The van der Waals surface area contributed by atoms with E-state index in [1.165, 1.54) is 4.31 Å². The molecule has 0 spiro atoms. The minimum atomic E-state index is -3.50. The molecule has 0 bridgehead atoms. The van der Waals surface area contributed by atoms with Gasteiger partial charge in [0.1, 0.15) is 5.82 Å². The molecule has 23 heavy (non-hydrogen) atoms. The van der Waals surface area contributed by atoms with Gasteiger partial charge >= 0.3 is 0 Å². The zero-order valence-electron chi connectivity index (χ0n) is 13.9. The third-order valence-corrected chi connectivity index (χ3v) is 6.32. The lowest BCUT2D eigenvalue weighted by Gasteiger charge is -2.24. The van der Waals surface area contributed by atoms with Crippen LogP contribution in [0.1, 0.15) is 32.5 Å². The number of rotatable bonds is 7. The number of imidazole rings is 1. The smallest absolute Gasteiger partial charge is 0.279 e. The number of aromatic nitrogens is 2. The van der Waals surface area contributed by atoms with Crippen LogP contribution in [0.3, 0.4) is 0 Å². The van der Waals surface area contributed by atoms with Crippen molar-refractivity contribution in [2.75, 3.05) is 7.05 Å². The van der Waals surface area contributed by atoms with Crippen molar-refractivity contribution >= 4 is 21.2 Å². The van der Waals surface area contributed by atoms with Gasteiger partial charge in [0, 0.05) is 19.6 Å². The molecule has 1 aliphatic rings. The van der Waals surface area contributed by atoms with Gasteiger partial charge in [0.05, 0.1) is 17.6 Å². The van der Waals surface area contributed by atoms with E-state index in [2.05, 4.69) is 9.71 Å². The molecule has 1 atom stereocenters. The number of nitrogens with one attached hydrogen (secondary N) is 1. The van der Waals surface area contributed by atoms with Gasteiger partial charge in [-0.05, 0) is 44.7 Å². The lowest BCUT2D eigenvalue weighted by molar-refractivity contribution is 0.351.